The van der Waals surface area contributed by atoms with E-state index < -0.39 is 5.91 Å². The second kappa shape index (κ2) is 9.05. The van der Waals surface area contributed by atoms with Gasteiger partial charge in [0.05, 0.1) is 11.5 Å². The monoisotopic (exact) mass is 382 g/mol. The zero-order valence-corrected chi connectivity index (χ0v) is 15.8. The number of carbonyl (C=O) groups excluding carboxylic acids is 2. The summed E-state index contributed by atoms with van der Waals surface area (Å²) in [5.74, 6) is 0.0768. The van der Waals surface area contributed by atoms with E-state index in [0.29, 0.717) is 8.68 Å². The number of anilines is 1. The van der Waals surface area contributed by atoms with E-state index in [-0.39, 0.29) is 23.5 Å². The number of para-hydroxylation sites is 1. The highest BCUT2D eigenvalue weighted by Crippen LogP contribution is 2.29. The summed E-state index contributed by atoms with van der Waals surface area (Å²) in [5, 5.41) is 8.01. The number of rotatable bonds is 8. The van der Waals surface area contributed by atoms with Crippen LogP contribution in [0.25, 0.3) is 0 Å². The number of nitrogens with zero attached hydrogens (tertiary/aromatic N) is 3. The normalized spacial score (nSPS) is 10.8. The van der Waals surface area contributed by atoms with Crippen molar-refractivity contribution in [2.45, 2.75) is 28.6 Å². The largest absolute Gasteiger partial charge is 0.369 e. The molecule has 0 aliphatic rings. The van der Waals surface area contributed by atoms with E-state index in [1.54, 1.807) is 4.90 Å². The lowest BCUT2D eigenvalue weighted by atomic mass is 10.2. The third kappa shape index (κ3) is 5.50. The topological polar surface area (TPSA) is 89.2 Å². The van der Waals surface area contributed by atoms with Crippen LogP contribution in [-0.4, -0.2) is 39.6 Å². The van der Waals surface area contributed by atoms with Crippen molar-refractivity contribution >= 4 is 52.4 Å². The summed E-state index contributed by atoms with van der Waals surface area (Å²) < 4.78 is 1.37. The standard InChI is InChI=1S/C15H18N4O2S3/c1-10(2)19(11-6-4-3-5-7-11)13(21)9-23-15-18-17-14(24-15)22-8-12(16)20/h3-7,10H,8-9H2,1-2H3,(H2,16,20). The molecule has 6 nitrogen and oxygen atoms in total. The van der Waals surface area contributed by atoms with Gasteiger partial charge < -0.3 is 10.6 Å². The van der Waals surface area contributed by atoms with Crippen LogP contribution in [0.2, 0.25) is 0 Å². The molecule has 2 amide bonds. The van der Waals surface area contributed by atoms with Gasteiger partial charge in [-0.15, -0.1) is 10.2 Å². The second-order valence-corrected chi connectivity index (χ2v) is 8.49. The first-order valence-corrected chi connectivity index (χ1v) is 10.0. The molecule has 0 spiro atoms. The predicted molar refractivity (Wildman–Crippen MR) is 99.6 cm³/mol. The summed E-state index contributed by atoms with van der Waals surface area (Å²) in [6.07, 6.45) is 0. The highest BCUT2D eigenvalue weighted by atomic mass is 32.2. The van der Waals surface area contributed by atoms with Crippen molar-refractivity contribution in [1.29, 1.82) is 0 Å². The molecule has 0 fully saturated rings. The van der Waals surface area contributed by atoms with Crippen LogP contribution < -0.4 is 10.6 Å². The van der Waals surface area contributed by atoms with Gasteiger partial charge in [0.25, 0.3) is 0 Å². The van der Waals surface area contributed by atoms with Crippen molar-refractivity contribution in [3.8, 4) is 0 Å². The Hall–Kier alpha value is -1.58. The summed E-state index contributed by atoms with van der Waals surface area (Å²) in [4.78, 5) is 25.1. The van der Waals surface area contributed by atoms with Crippen molar-refractivity contribution in [2.75, 3.05) is 16.4 Å². The molecule has 9 heteroatoms. The first-order valence-electron chi connectivity index (χ1n) is 7.22. The fourth-order valence-corrected chi connectivity index (χ4v) is 4.58. The number of hydrogen-bond acceptors (Lipinski definition) is 7. The van der Waals surface area contributed by atoms with E-state index in [0.717, 1.165) is 5.69 Å². The van der Waals surface area contributed by atoms with Gasteiger partial charge in [-0.1, -0.05) is 53.1 Å². The quantitative estimate of drug-likeness (QED) is 0.706. The SMILES string of the molecule is CC(C)N(C(=O)CSc1nnc(SCC(N)=O)s1)c1ccccc1. The Balaban J connectivity index is 1.95. The molecular weight excluding hydrogens is 364 g/mol. The van der Waals surface area contributed by atoms with Gasteiger partial charge in [0.2, 0.25) is 11.8 Å². The van der Waals surface area contributed by atoms with Crippen molar-refractivity contribution in [1.82, 2.24) is 10.2 Å². The number of amides is 2. The van der Waals surface area contributed by atoms with Crippen molar-refractivity contribution < 1.29 is 9.59 Å². The molecule has 0 atom stereocenters. The zero-order chi connectivity index (χ0) is 17.5. The van der Waals surface area contributed by atoms with Crippen LogP contribution in [0.1, 0.15) is 13.8 Å². The fourth-order valence-electron chi connectivity index (χ4n) is 1.96. The van der Waals surface area contributed by atoms with E-state index in [1.165, 1.54) is 34.9 Å². The number of primary amides is 1. The Labute approximate surface area is 153 Å². The number of aromatic nitrogens is 2. The van der Waals surface area contributed by atoms with Gasteiger partial charge >= 0.3 is 0 Å². The van der Waals surface area contributed by atoms with E-state index >= 15 is 0 Å². The molecule has 0 aliphatic heterocycles. The molecule has 2 aromatic rings. The van der Waals surface area contributed by atoms with E-state index in [4.69, 9.17) is 5.73 Å². The first-order chi connectivity index (χ1) is 11.5. The summed E-state index contributed by atoms with van der Waals surface area (Å²) >= 11 is 3.96. The summed E-state index contributed by atoms with van der Waals surface area (Å²) in [6.45, 7) is 3.97. The van der Waals surface area contributed by atoms with Crippen LogP contribution in [0, 0.1) is 0 Å². The molecule has 0 unspecified atom stereocenters. The van der Waals surface area contributed by atoms with Gasteiger partial charge in [0.1, 0.15) is 0 Å². The van der Waals surface area contributed by atoms with Gasteiger partial charge in [-0.05, 0) is 26.0 Å². The second-order valence-electron chi connectivity index (χ2n) is 5.07. The summed E-state index contributed by atoms with van der Waals surface area (Å²) in [7, 11) is 0. The average molecular weight is 383 g/mol. The Kier molecular flexibility index (Phi) is 7.07. The zero-order valence-electron chi connectivity index (χ0n) is 13.3. The molecule has 24 heavy (non-hydrogen) atoms. The van der Waals surface area contributed by atoms with Gasteiger partial charge in [-0.25, -0.2) is 0 Å². The maximum atomic E-state index is 12.6. The third-order valence-electron chi connectivity index (χ3n) is 2.86. The molecular formula is C15H18N4O2S3. The minimum Gasteiger partial charge on any atom is -0.369 e. The minimum atomic E-state index is -0.394. The molecule has 2 rings (SSSR count). The van der Waals surface area contributed by atoms with Crippen molar-refractivity contribution in [2.24, 2.45) is 5.73 Å². The third-order valence-corrected chi connectivity index (χ3v) is 6.06. The van der Waals surface area contributed by atoms with E-state index in [9.17, 15) is 9.59 Å². The molecule has 0 bridgehead atoms. The molecule has 2 N–H and O–H groups in total. The highest BCUT2D eigenvalue weighted by molar-refractivity contribution is 8.03. The Morgan fingerprint density at radius 2 is 1.71 bits per heavy atom. The van der Waals surface area contributed by atoms with Crippen molar-refractivity contribution in [3.05, 3.63) is 30.3 Å². The fraction of sp³-hybridized carbons (Fsp3) is 0.333. The number of carbonyl (C=O) groups is 2. The smallest absolute Gasteiger partial charge is 0.237 e. The summed E-state index contributed by atoms with van der Waals surface area (Å²) in [6, 6.07) is 9.67. The summed E-state index contributed by atoms with van der Waals surface area (Å²) in [5.41, 5.74) is 5.99. The molecule has 1 aromatic carbocycles. The average Bonchev–Trinajstić information content (AvgIpc) is 3.00. The number of hydrogen-bond donors (Lipinski definition) is 1. The Bertz CT molecular complexity index is 691. The van der Waals surface area contributed by atoms with E-state index in [1.807, 2.05) is 44.2 Å². The maximum absolute atomic E-state index is 12.6. The van der Waals surface area contributed by atoms with Crippen LogP contribution in [0.4, 0.5) is 5.69 Å². The molecule has 128 valence electrons. The predicted octanol–water partition coefficient (Wildman–Crippen LogP) is 2.65. The van der Waals surface area contributed by atoms with Gasteiger partial charge in [0, 0.05) is 11.7 Å². The van der Waals surface area contributed by atoms with Crippen molar-refractivity contribution in [3.63, 3.8) is 0 Å². The minimum absolute atomic E-state index is 0.0164. The van der Waals surface area contributed by atoms with Gasteiger partial charge in [-0.2, -0.15) is 0 Å². The lowest BCUT2D eigenvalue weighted by molar-refractivity contribution is -0.117. The molecule has 0 saturated heterocycles. The van der Waals surface area contributed by atoms with Crippen LogP contribution in [0.5, 0.6) is 0 Å². The lowest BCUT2D eigenvalue weighted by Gasteiger charge is -2.26. The number of thioether (sulfide) groups is 2. The molecule has 0 aliphatic carbocycles. The highest BCUT2D eigenvalue weighted by Gasteiger charge is 2.19. The first kappa shape index (κ1) is 18.8. The number of benzene rings is 1. The molecule has 0 radical (unpaired) electrons. The van der Waals surface area contributed by atoms with Crippen LogP contribution in [0.3, 0.4) is 0 Å². The maximum Gasteiger partial charge on any atom is 0.237 e. The Morgan fingerprint density at radius 3 is 2.25 bits per heavy atom. The number of nitrogens with two attached hydrogens (primary N) is 1. The van der Waals surface area contributed by atoms with Gasteiger partial charge in [0.15, 0.2) is 8.68 Å². The molecule has 1 aromatic heterocycles. The van der Waals surface area contributed by atoms with E-state index in [2.05, 4.69) is 10.2 Å². The van der Waals surface area contributed by atoms with Crippen LogP contribution in [0.15, 0.2) is 39.0 Å². The van der Waals surface area contributed by atoms with Gasteiger partial charge in [-0.3, -0.25) is 9.59 Å². The van der Waals surface area contributed by atoms with Crippen LogP contribution >= 0.6 is 34.9 Å². The molecule has 1 heterocycles. The molecule has 0 saturated carbocycles. The Morgan fingerprint density at radius 1 is 1.12 bits per heavy atom. The van der Waals surface area contributed by atoms with Crippen LogP contribution in [-0.2, 0) is 9.59 Å². The lowest BCUT2D eigenvalue weighted by Crippen LogP contribution is -2.38.